The monoisotopic (exact) mass is 562 g/mol. The Morgan fingerprint density at radius 3 is 2.17 bits per heavy atom. The topological polar surface area (TPSA) is 155 Å². The van der Waals surface area contributed by atoms with Gasteiger partial charge in [-0.15, -0.1) is 0 Å². The maximum atomic E-state index is 13.0. The van der Waals surface area contributed by atoms with Crippen LogP contribution in [0.2, 0.25) is 0 Å². The molecular formula is C29H46N4O7. The smallest absolute Gasteiger partial charge is 0.315 e. The van der Waals surface area contributed by atoms with Crippen molar-refractivity contribution < 1.29 is 33.8 Å². The molecular weight excluding hydrogens is 516 g/mol. The van der Waals surface area contributed by atoms with Crippen LogP contribution in [0.15, 0.2) is 0 Å². The molecule has 11 heteroatoms. The molecule has 0 radical (unpaired) electrons. The summed E-state index contributed by atoms with van der Waals surface area (Å²) in [6, 6.07) is -0.176. The van der Waals surface area contributed by atoms with Crippen molar-refractivity contribution in [2.24, 2.45) is 23.7 Å². The van der Waals surface area contributed by atoms with Gasteiger partial charge in [0.25, 0.3) is 0 Å². The van der Waals surface area contributed by atoms with Gasteiger partial charge in [0.05, 0.1) is 30.5 Å². The minimum absolute atomic E-state index is 0.00553. The van der Waals surface area contributed by atoms with Crippen LogP contribution in [0.1, 0.15) is 90.4 Å². The standard InChI is InChI=1S/C29H46N4O7/c1-16-4-2-3-5-22(16)33-29(38)31-19-9-7-18(8-10-19)30-27(36)20-13-21(20)28(37)32-23(14-26(34)35)17-6-11-24-25(12-17)40-15-39-24/h16-25H,2-15H2,1H3,(H,30,36)(H,32,37)(H,34,35)(H2,31,33,38)/t16?,17?,18?,19?,20?,21?,22?,23-,24?,25?/m0/s1. The molecule has 5 aliphatic rings. The number of hydrogen-bond acceptors (Lipinski definition) is 6. The first-order chi connectivity index (χ1) is 19.3. The van der Waals surface area contributed by atoms with Crippen molar-refractivity contribution >= 4 is 23.8 Å². The van der Waals surface area contributed by atoms with E-state index in [1.54, 1.807) is 0 Å². The van der Waals surface area contributed by atoms with Crippen molar-refractivity contribution in [1.29, 1.82) is 0 Å². The third-order valence-electron chi connectivity index (χ3n) is 9.93. The average molecular weight is 563 g/mol. The third kappa shape index (κ3) is 7.46. The predicted molar refractivity (Wildman–Crippen MR) is 145 cm³/mol. The minimum atomic E-state index is -0.952. The van der Waals surface area contributed by atoms with Gasteiger partial charge in [0.2, 0.25) is 11.8 Å². The number of carbonyl (C=O) groups excluding carboxylic acids is 3. The molecule has 1 saturated heterocycles. The van der Waals surface area contributed by atoms with Crippen LogP contribution in [-0.2, 0) is 23.9 Å². The predicted octanol–water partition coefficient (Wildman–Crippen LogP) is 2.43. The number of fused-ring (bicyclic) bond motifs is 1. The molecule has 1 heterocycles. The second-order valence-corrected chi connectivity index (χ2v) is 12.8. The highest BCUT2D eigenvalue weighted by Crippen LogP contribution is 2.40. The fourth-order valence-corrected chi connectivity index (χ4v) is 7.28. The van der Waals surface area contributed by atoms with Gasteiger partial charge < -0.3 is 35.8 Å². The van der Waals surface area contributed by atoms with Crippen LogP contribution >= 0.6 is 0 Å². The number of rotatable bonds is 9. The Balaban J connectivity index is 1.02. The number of amides is 4. The molecule has 11 nitrogen and oxygen atoms in total. The van der Waals surface area contributed by atoms with Crippen molar-refractivity contribution in [3.8, 4) is 0 Å². The lowest BCUT2D eigenvalue weighted by molar-refractivity contribution is -0.138. The van der Waals surface area contributed by atoms with Gasteiger partial charge in [0.1, 0.15) is 6.79 Å². The van der Waals surface area contributed by atoms with Gasteiger partial charge in [0.15, 0.2) is 0 Å². The highest BCUT2D eigenvalue weighted by atomic mass is 16.7. The summed E-state index contributed by atoms with van der Waals surface area (Å²) < 4.78 is 11.2. The zero-order chi connectivity index (χ0) is 28.2. The summed E-state index contributed by atoms with van der Waals surface area (Å²) in [5, 5.41) is 21.8. The molecule has 224 valence electrons. The summed E-state index contributed by atoms with van der Waals surface area (Å²) in [4.78, 5) is 49.9. The Morgan fingerprint density at radius 1 is 0.775 bits per heavy atom. The number of ether oxygens (including phenoxy) is 2. The van der Waals surface area contributed by atoms with Gasteiger partial charge in [-0.3, -0.25) is 14.4 Å². The summed E-state index contributed by atoms with van der Waals surface area (Å²) in [6.45, 7) is 2.47. The molecule has 0 aromatic heterocycles. The number of nitrogens with one attached hydrogen (secondary N) is 4. The number of carboxylic acids is 1. The van der Waals surface area contributed by atoms with E-state index in [0.717, 1.165) is 51.4 Å². The number of urea groups is 1. The molecule has 0 bridgehead atoms. The molecule has 0 aromatic rings. The van der Waals surface area contributed by atoms with Gasteiger partial charge in [-0.1, -0.05) is 19.8 Å². The van der Waals surface area contributed by atoms with E-state index in [2.05, 4.69) is 28.2 Å². The maximum Gasteiger partial charge on any atom is 0.315 e. The lowest BCUT2D eigenvalue weighted by atomic mass is 9.80. The van der Waals surface area contributed by atoms with Crippen LogP contribution in [0.4, 0.5) is 4.79 Å². The molecule has 0 spiro atoms. The van der Waals surface area contributed by atoms with Crippen LogP contribution < -0.4 is 21.3 Å². The van der Waals surface area contributed by atoms with Crippen molar-refractivity contribution in [3.05, 3.63) is 0 Å². The maximum absolute atomic E-state index is 13.0. The van der Waals surface area contributed by atoms with Gasteiger partial charge in [-0.25, -0.2) is 4.79 Å². The van der Waals surface area contributed by atoms with Gasteiger partial charge in [-0.05, 0) is 76.0 Å². The number of carbonyl (C=O) groups is 4. The van der Waals surface area contributed by atoms with E-state index in [0.29, 0.717) is 18.8 Å². The van der Waals surface area contributed by atoms with Gasteiger partial charge >= 0.3 is 12.0 Å². The van der Waals surface area contributed by atoms with E-state index in [-0.39, 0.29) is 73.2 Å². The Morgan fingerprint density at radius 2 is 1.45 bits per heavy atom. The van der Waals surface area contributed by atoms with E-state index in [9.17, 15) is 24.3 Å². The number of aliphatic carboxylic acids is 1. The van der Waals surface area contributed by atoms with Crippen molar-refractivity contribution in [2.75, 3.05) is 6.79 Å². The molecule has 7 unspecified atom stereocenters. The molecule has 40 heavy (non-hydrogen) atoms. The molecule has 5 rings (SSSR count). The molecule has 4 amide bonds. The summed E-state index contributed by atoms with van der Waals surface area (Å²) in [6.07, 6.45) is 10.4. The lowest BCUT2D eigenvalue weighted by Gasteiger charge is -2.34. The van der Waals surface area contributed by atoms with Gasteiger partial charge in [0, 0.05) is 24.2 Å². The van der Waals surface area contributed by atoms with Gasteiger partial charge in [-0.2, -0.15) is 0 Å². The molecule has 4 saturated carbocycles. The summed E-state index contributed by atoms with van der Waals surface area (Å²) in [7, 11) is 0. The van der Waals surface area contributed by atoms with Crippen LogP contribution in [0.3, 0.4) is 0 Å². The second-order valence-electron chi connectivity index (χ2n) is 12.8. The van der Waals surface area contributed by atoms with E-state index >= 15 is 0 Å². The largest absolute Gasteiger partial charge is 0.481 e. The summed E-state index contributed by atoms with van der Waals surface area (Å²) >= 11 is 0. The van der Waals surface area contributed by atoms with Crippen molar-refractivity contribution in [3.63, 3.8) is 0 Å². The Labute approximate surface area is 236 Å². The fraction of sp³-hybridized carbons (Fsp3) is 0.862. The first-order valence-corrected chi connectivity index (χ1v) is 15.4. The Bertz CT molecular complexity index is 939. The lowest BCUT2D eigenvalue weighted by Crippen LogP contribution is -2.51. The minimum Gasteiger partial charge on any atom is -0.481 e. The molecule has 8 atom stereocenters. The zero-order valence-corrected chi connectivity index (χ0v) is 23.6. The van der Waals surface area contributed by atoms with Crippen LogP contribution in [0.5, 0.6) is 0 Å². The molecule has 5 N–H and O–H groups in total. The van der Waals surface area contributed by atoms with Crippen LogP contribution in [0, 0.1) is 23.7 Å². The highest BCUT2D eigenvalue weighted by molar-refractivity contribution is 5.92. The molecule has 4 aliphatic carbocycles. The van der Waals surface area contributed by atoms with Crippen LogP contribution in [-0.4, -0.2) is 72.1 Å². The summed E-state index contributed by atoms with van der Waals surface area (Å²) in [5.41, 5.74) is 0. The van der Waals surface area contributed by atoms with E-state index in [1.165, 1.54) is 12.8 Å². The first kappa shape index (κ1) is 29.1. The molecule has 0 aromatic carbocycles. The van der Waals surface area contributed by atoms with E-state index in [4.69, 9.17) is 9.47 Å². The SMILES string of the molecule is CC1CCCCC1NC(=O)NC1CCC(NC(=O)C2CC2C(=O)N[C@@H](CC(=O)O)C2CCC3OCOC3C2)CC1. The Hall–Kier alpha value is -2.40. The van der Waals surface area contributed by atoms with E-state index < -0.39 is 17.9 Å². The average Bonchev–Trinajstić information content (AvgIpc) is 3.60. The zero-order valence-electron chi connectivity index (χ0n) is 23.6. The molecule has 5 fully saturated rings. The van der Waals surface area contributed by atoms with E-state index in [1.807, 2.05) is 0 Å². The summed E-state index contributed by atoms with van der Waals surface area (Å²) in [5.74, 6) is -1.55. The Kier molecular flexibility index (Phi) is 9.50. The number of carboxylic acid groups (broad SMARTS) is 1. The fourth-order valence-electron chi connectivity index (χ4n) is 7.28. The van der Waals surface area contributed by atoms with Crippen molar-refractivity contribution in [2.45, 2.75) is 127 Å². The van der Waals surface area contributed by atoms with Crippen LogP contribution in [0.25, 0.3) is 0 Å². The quantitative estimate of drug-likeness (QED) is 0.289. The number of hydrogen-bond donors (Lipinski definition) is 5. The first-order valence-electron chi connectivity index (χ1n) is 15.4. The van der Waals surface area contributed by atoms with Crippen molar-refractivity contribution in [1.82, 2.24) is 21.3 Å². The second kappa shape index (κ2) is 13.1. The normalized spacial score (nSPS) is 37.9. The molecule has 1 aliphatic heterocycles. The third-order valence-corrected chi connectivity index (χ3v) is 9.93. The highest BCUT2D eigenvalue weighted by Gasteiger charge is 2.49.